The number of carbonyl (C=O) groups excluding carboxylic acids is 1. The Morgan fingerprint density at radius 2 is 1.85 bits per heavy atom. The first-order chi connectivity index (χ1) is 12.7. The van der Waals surface area contributed by atoms with Crippen molar-refractivity contribution in [2.75, 3.05) is 24.2 Å². The van der Waals surface area contributed by atoms with Crippen LogP contribution in [0.15, 0.2) is 28.6 Å². The second kappa shape index (κ2) is 9.64. The van der Waals surface area contributed by atoms with Crippen LogP contribution in [0.25, 0.3) is 0 Å². The SMILES string of the molecule is CCN(CC)C(N)CSc1nnc(C(=O)c2ccc(NC(C)(C)C)cc2)s1. The van der Waals surface area contributed by atoms with E-state index in [-0.39, 0.29) is 17.5 Å². The number of hydrogen-bond donors (Lipinski definition) is 2. The molecule has 0 aliphatic rings. The number of rotatable bonds is 9. The van der Waals surface area contributed by atoms with E-state index in [2.05, 4.69) is 55.0 Å². The molecule has 0 fully saturated rings. The molecule has 1 aromatic heterocycles. The van der Waals surface area contributed by atoms with Crippen molar-refractivity contribution in [2.45, 2.75) is 50.7 Å². The van der Waals surface area contributed by atoms with Crippen molar-refractivity contribution in [3.05, 3.63) is 34.8 Å². The quantitative estimate of drug-likeness (QED) is 0.372. The molecule has 0 aliphatic heterocycles. The summed E-state index contributed by atoms with van der Waals surface area (Å²) >= 11 is 2.87. The van der Waals surface area contributed by atoms with Crippen LogP contribution in [0.2, 0.25) is 0 Å². The first-order valence-electron chi connectivity index (χ1n) is 9.12. The molecule has 8 heteroatoms. The lowest BCUT2D eigenvalue weighted by atomic mass is 10.1. The average Bonchev–Trinajstić information content (AvgIpc) is 3.08. The molecule has 6 nitrogen and oxygen atoms in total. The van der Waals surface area contributed by atoms with Gasteiger partial charge in [0.1, 0.15) is 0 Å². The minimum Gasteiger partial charge on any atom is -0.380 e. The summed E-state index contributed by atoms with van der Waals surface area (Å²) in [5.74, 6) is 0.618. The van der Waals surface area contributed by atoms with Gasteiger partial charge in [-0.15, -0.1) is 10.2 Å². The highest BCUT2D eigenvalue weighted by Crippen LogP contribution is 2.25. The van der Waals surface area contributed by atoms with Gasteiger partial charge in [-0.25, -0.2) is 0 Å². The predicted molar refractivity (Wildman–Crippen MR) is 115 cm³/mol. The molecule has 1 unspecified atom stereocenters. The fraction of sp³-hybridized carbons (Fsp3) is 0.526. The van der Waals surface area contributed by atoms with Gasteiger partial charge in [0.05, 0.1) is 6.17 Å². The summed E-state index contributed by atoms with van der Waals surface area (Å²) in [6, 6.07) is 7.47. The molecule has 27 heavy (non-hydrogen) atoms. The summed E-state index contributed by atoms with van der Waals surface area (Å²) in [6.45, 7) is 12.3. The minimum atomic E-state index is -0.102. The van der Waals surface area contributed by atoms with Gasteiger partial charge in [-0.3, -0.25) is 9.69 Å². The Morgan fingerprint density at radius 1 is 1.22 bits per heavy atom. The minimum absolute atomic E-state index is 0.0249. The number of carbonyl (C=O) groups is 1. The standard InChI is InChI=1S/C19H29N5OS2/c1-6-24(7-2)15(20)12-26-18-23-22-17(27-18)16(25)13-8-10-14(11-9-13)21-19(3,4)5/h8-11,15,21H,6-7,12,20H2,1-5H3. The van der Waals surface area contributed by atoms with Crippen molar-refractivity contribution in [3.8, 4) is 0 Å². The monoisotopic (exact) mass is 407 g/mol. The molecule has 0 radical (unpaired) electrons. The maximum Gasteiger partial charge on any atom is 0.223 e. The van der Waals surface area contributed by atoms with Gasteiger partial charge < -0.3 is 11.1 Å². The number of hydrogen-bond acceptors (Lipinski definition) is 8. The van der Waals surface area contributed by atoms with Gasteiger partial charge in [-0.1, -0.05) is 36.9 Å². The van der Waals surface area contributed by atoms with Gasteiger partial charge >= 0.3 is 0 Å². The summed E-state index contributed by atoms with van der Waals surface area (Å²) < 4.78 is 0.770. The molecule has 1 aromatic carbocycles. The molecule has 0 aliphatic carbocycles. The second-order valence-corrected chi connectivity index (χ2v) is 9.50. The normalized spacial score (nSPS) is 13.0. The molecule has 0 saturated heterocycles. The zero-order valence-corrected chi connectivity index (χ0v) is 18.3. The van der Waals surface area contributed by atoms with Crippen molar-refractivity contribution >= 4 is 34.6 Å². The maximum atomic E-state index is 12.6. The zero-order chi connectivity index (χ0) is 20.0. The van der Waals surface area contributed by atoms with Gasteiger partial charge in [0.15, 0.2) is 9.35 Å². The van der Waals surface area contributed by atoms with E-state index in [0.29, 0.717) is 10.6 Å². The number of aromatic nitrogens is 2. The van der Waals surface area contributed by atoms with Crippen molar-refractivity contribution in [1.29, 1.82) is 0 Å². The van der Waals surface area contributed by atoms with E-state index < -0.39 is 0 Å². The molecule has 3 N–H and O–H groups in total. The fourth-order valence-electron chi connectivity index (χ4n) is 2.58. The van der Waals surface area contributed by atoms with Gasteiger partial charge in [-0.05, 0) is 58.1 Å². The summed E-state index contributed by atoms with van der Waals surface area (Å²) in [5, 5.41) is 12.0. The molecule has 0 amide bonds. The maximum absolute atomic E-state index is 12.6. The van der Waals surface area contributed by atoms with Crippen LogP contribution < -0.4 is 11.1 Å². The molecule has 1 heterocycles. The Labute approximate surface area is 169 Å². The highest BCUT2D eigenvalue weighted by molar-refractivity contribution is 8.01. The Balaban J connectivity index is 1.98. The number of benzene rings is 1. The van der Waals surface area contributed by atoms with Crippen LogP contribution in [0.1, 0.15) is 50.0 Å². The lowest BCUT2D eigenvalue weighted by Gasteiger charge is -2.25. The van der Waals surface area contributed by atoms with Crippen molar-refractivity contribution in [2.24, 2.45) is 5.73 Å². The molecule has 0 saturated carbocycles. The van der Waals surface area contributed by atoms with Gasteiger partial charge in [-0.2, -0.15) is 0 Å². The van der Waals surface area contributed by atoms with Gasteiger partial charge in [0, 0.05) is 22.5 Å². The van der Waals surface area contributed by atoms with Crippen molar-refractivity contribution in [1.82, 2.24) is 15.1 Å². The van der Waals surface area contributed by atoms with Crippen LogP contribution in [0, 0.1) is 0 Å². The molecule has 148 valence electrons. The van der Waals surface area contributed by atoms with E-state index in [9.17, 15) is 4.79 Å². The summed E-state index contributed by atoms with van der Waals surface area (Å²) in [6.07, 6.45) is -0.0316. The summed E-state index contributed by atoms with van der Waals surface area (Å²) in [7, 11) is 0. The number of anilines is 1. The number of nitrogens with one attached hydrogen (secondary N) is 1. The van der Waals surface area contributed by atoms with Crippen LogP contribution in [0.3, 0.4) is 0 Å². The lowest BCUT2D eigenvalue weighted by molar-refractivity contribution is 0.103. The van der Waals surface area contributed by atoms with Crippen molar-refractivity contribution < 1.29 is 4.79 Å². The second-order valence-electron chi connectivity index (χ2n) is 7.25. The highest BCUT2D eigenvalue weighted by atomic mass is 32.2. The van der Waals surface area contributed by atoms with E-state index in [1.165, 1.54) is 11.3 Å². The topological polar surface area (TPSA) is 84.1 Å². The lowest BCUT2D eigenvalue weighted by Crippen LogP contribution is -2.43. The zero-order valence-electron chi connectivity index (χ0n) is 16.7. The number of nitrogens with zero attached hydrogens (tertiary/aromatic N) is 3. The van der Waals surface area contributed by atoms with Crippen LogP contribution in [-0.4, -0.2) is 51.4 Å². The first kappa shape index (κ1) is 21.8. The number of ketones is 1. The number of nitrogens with two attached hydrogens (primary N) is 1. The molecular weight excluding hydrogens is 378 g/mol. The highest BCUT2D eigenvalue weighted by Gasteiger charge is 2.18. The molecule has 0 spiro atoms. The van der Waals surface area contributed by atoms with Crippen molar-refractivity contribution in [3.63, 3.8) is 0 Å². The molecule has 2 aromatic rings. The Bertz CT molecular complexity index is 735. The third-order valence-electron chi connectivity index (χ3n) is 3.93. The molecule has 1 atom stereocenters. The molecular formula is C19H29N5OS2. The fourth-order valence-corrected chi connectivity index (χ4v) is 4.41. The smallest absolute Gasteiger partial charge is 0.223 e. The first-order valence-corrected chi connectivity index (χ1v) is 10.9. The van der Waals surface area contributed by atoms with E-state index in [1.54, 1.807) is 11.8 Å². The third kappa shape index (κ3) is 6.57. The summed E-state index contributed by atoms with van der Waals surface area (Å²) in [4.78, 5) is 14.8. The summed E-state index contributed by atoms with van der Waals surface area (Å²) in [5.41, 5.74) is 7.76. The van der Waals surface area contributed by atoms with Gasteiger partial charge in [0.2, 0.25) is 5.78 Å². The van der Waals surface area contributed by atoms with Gasteiger partial charge in [0.25, 0.3) is 0 Å². The van der Waals surface area contributed by atoms with Crippen LogP contribution in [-0.2, 0) is 0 Å². The average molecular weight is 408 g/mol. The predicted octanol–water partition coefficient (Wildman–Crippen LogP) is 3.70. The molecule has 2 rings (SSSR count). The van der Waals surface area contributed by atoms with Crippen LogP contribution >= 0.6 is 23.1 Å². The Kier molecular flexibility index (Phi) is 7.79. The Morgan fingerprint density at radius 3 is 2.41 bits per heavy atom. The van der Waals surface area contributed by atoms with Crippen LogP contribution in [0.4, 0.5) is 5.69 Å². The van der Waals surface area contributed by atoms with E-state index >= 15 is 0 Å². The van der Waals surface area contributed by atoms with E-state index in [4.69, 9.17) is 5.73 Å². The van der Waals surface area contributed by atoms with Crippen LogP contribution in [0.5, 0.6) is 0 Å². The largest absolute Gasteiger partial charge is 0.380 e. The third-order valence-corrected chi connectivity index (χ3v) is 6.08. The van der Waals surface area contributed by atoms with E-state index in [0.717, 1.165) is 28.9 Å². The van der Waals surface area contributed by atoms with E-state index in [1.807, 2.05) is 24.3 Å². The number of thioether (sulfide) groups is 1. The molecule has 0 bridgehead atoms. The Hall–Kier alpha value is -1.48.